The first-order valence-electron chi connectivity index (χ1n) is 7.42. The van der Waals surface area contributed by atoms with Crippen LogP contribution in [0.1, 0.15) is 15.9 Å². The van der Waals surface area contributed by atoms with Crippen molar-refractivity contribution in [1.29, 1.82) is 0 Å². The van der Waals surface area contributed by atoms with E-state index in [9.17, 15) is 19.7 Å². The van der Waals surface area contributed by atoms with Gasteiger partial charge in [-0.3, -0.25) is 19.7 Å². The minimum atomic E-state index is -0.484. The van der Waals surface area contributed by atoms with Gasteiger partial charge in [0.15, 0.2) is 0 Å². The summed E-state index contributed by atoms with van der Waals surface area (Å²) in [6.45, 7) is 0. The number of benzene rings is 2. The molecule has 7 nitrogen and oxygen atoms in total. The summed E-state index contributed by atoms with van der Waals surface area (Å²) in [6.07, 6.45) is 2.87. The molecule has 128 valence electrons. The van der Waals surface area contributed by atoms with Gasteiger partial charge >= 0.3 is 0 Å². The van der Waals surface area contributed by atoms with Crippen LogP contribution in [0.3, 0.4) is 0 Å². The molecule has 2 rings (SSSR count). The zero-order chi connectivity index (χ0) is 18.4. The lowest BCUT2D eigenvalue weighted by molar-refractivity contribution is -0.384. The Hall–Kier alpha value is -3.48. The number of amides is 2. The summed E-state index contributed by atoms with van der Waals surface area (Å²) in [7, 11) is 3.31. The lowest BCUT2D eigenvalue weighted by Gasteiger charge is -2.11. The van der Waals surface area contributed by atoms with Crippen molar-refractivity contribution in [3.05, 3.63) is 75.8 Å². The number of carbonyl (C=O) groups excluding carboxylic acids is 2. The Kier molecular flexibility index (Phi) is 5.62. The smallest absolute Gasteiger partial charge is 0.269 e. The van der Waals surface area contributed by atoms with Crippen molar-refractivity contribution in [2.24, 2.45) is 0 Å². The second-order valence-corrected chi connectivity index (χ2v) is 5.45. The number of nitro groups is 1. The maximum absolute atomic E-state index is 12.0. The van der Waals surface area contributed by atoms with Crippen LogP contribution in [0.25, 0.3) is 6.08 Å². The molecule has 0 saturated heterocycles. The number of rotatable bonds is 5. The Morgan fingerprint density at radius 3 is 2.40 bits per heavy atom. The van der Waals surface area contributed by atoms with E-state index in [1.807, 2.05) is 0 Å². The summed E-state index contributed by atoms with van der Waals surface area (Å²) >= 11 is 0. The standard InChI is InChI=1S/C18H17N3O4/c1-20(2)18(23)14-4-3-5-15(12-14)19-17(22)11-8-13-6-9-16(10-7-13)21(24)25/h3-12H,1-2H3,(H,19,22)/b11-8+. The van der Waals surface area contributed by atoms with E-state index < -0.39 is 4.92 Å². The van der Waals surface area contributed by atoms with Crippen molar-refractivity contribution in [2.45, 2.75) is 0 Å². The van der Waals surface area contributed by atoms with Crippen LogP contribution in [0.2, 0.25) is 0 Å². The van der Waals surface area contributed by atoms with Crippen LogP contribution in [0, 0.1) is 10.1 Å². The fraction of sp³-hybridized carbons (Fsp3) is 0.111. The van der Waals surface area contributed by atoms with Gasteiger partial charge in [-0.2, -0.15) is 0 Å². The first kappa shape index (κ1) is 17.9. The molecule has 0 radical (unpaired) electrons. The van der Waals surface area contributed by atoms with Crippen molar-refractivity contribution < 1.29 is 14.5 Å². The SMILES string of the molecule is CN(C)C(=O)c1cccc(NC(=O)/C=C/c2ccc([N+](=O)[O-])cc2)c1. The molecule has 0 unspecified atom stereocenters. The maximum Gasteiger partial charge on any atom is 0.269 e. The molecule has 7 heteroatoms. The van der Waals surface area contributed by atoms with E-state index in [1.165, 1.54) is 23.1 Å². The summed E-state index contributed by atoms with van der Waals surface area (Å²) in [4.78, 5) is 35.5. The van der Waals surface area contributed by atoms with Gasteiger partial charge in [-0.15, -0.1) is 0 Å². The summed E-state index contributed by atoms with van der Waals surface area (Å²) in [5, 5.41) is 13.3. The van der Waals surface area contributed by atoms with Crippen molar-refractivity contribution in [1.82, 2.24) is 4.90 Å². The topological polar surface area (TPSA) is 92.6 Å². The van der Waals surface area contributed by atoms with Gasteiger partial charge in [-0.25, -0.2) is 0 Å². The van der Waals surface area contributed by atoms with Crippen molar-refractivity contribution >= 4 is 29.3 Å². The van der Waals surface area contributed by atoms with Gasteiger partial charge in [0.1, 0.15) is 0 Å². The molecule has 0 saturated carbocycles. The van der Waals surface area contributed by atoms with Crippen LogP contribution in [0.4, 0.5) is 11.4 Å². The third kappa shape index (κ3) is 5.00. The highest BCUT2D eigenvalue weighted by molar-refractivity contribution is 6.03. The van der Waals surface area contributed by atoms with E-state index in [2.05, 4.69) is 5.32 Å². The summed E-state index contributed by atoms with van der Waals surface area (Å²) in [5.41, 5.74) is 1.63. The van der Waals surface area contributed by atoms with Gasteiger partial charge < -0.3 is 10.2 Å². The maximum atomic E-state index is 12.0. The zero-order valence-corrected chi connectivity index (χ0v) is 13.8. The number of hydrogen-bond donors (Lipinski definition) is 1. The van der Waals surface area contributed by atoms with E-state index in [-0.39, 0.29) is 17.5 Å². The van der Waals surface area contributed by atoms with Gasteiger partial charge in [0.25, 0.3) is 11.6 Å². The summed E-state index contributed by atoms with van der Waals surface area (Å²) < 4.78 is 0. The van der Waals surface area contributed by atoms with E-state index in [4.69, 9.17) is 0 Å². The Morgan fingerprint density at radius 2 is 1.80 bits per heavy atom. The molecule has 0 fully saturated rings. The molecule has 0 aliphatic carbocycles. The van der Waals surface area contributed by atoms with Gasteiger partial charge in [-0.05, 0) is 42.0 Å². The molecule has 0 bridgehead atoms. The zero-order valence-electron chi connectivity index (χ0n) is 13.8. The Bertz CT molecular complexity index is 826. The monoisotopic (exact) mass is 339 g/mol. The Morgan fingerprint density at radius 1 is 1.12 bits per heavy atom. The lowest BCUT2D eigenvalue weighted by Crippen LogP contribution is -2.21. The third-order valence-electron chi connectivity index (χ3n) is 3.31. The fourth-order valence-electron chi connectivity index (χ4n) is 2.05. The number of nitrogens with one attached hydrogen (secondary N) is 1. The fourth-order valence-corrected chi connectivity index (χ4v) is 2.05. The second kappa shape index (κ2) is 7.87. The normalized spacial score (nSPS) is 10.5. The largest absolute Gasteiger partial charge is 0.345 e. The van der Waals surface area contributed by atoms with Gasteiger partial charge in [0.05, 0.1) is 4.92 Å². The number of anilines is 1. The molecule has 0 atom stereocenters. The highest BCUT2D eigenvalue weighted by Gasteiger charge is 2.09. The first-order chi connectivity index (χ1) is 11.9. The number of carbonyl (C=O) groups is 2. The molecule has 2 amide bonds. The predicted molar refractivity (Wildman–Crippen MR) is 95.2 cm³/mol. The van der Waals surface area contributed by atoms with Crippen LogP contribution in [-0.4, -0.2) is 35.7 Å². The van der Waals surface area contributed by atoms with E-state index in [1.54, 1.807) is 56.6 Å². The first-order valence-corrected chi connectivity index (χ1v) is 7.42. The molecule has 0 aliphatic heterocycles. The number of non-ortho nitro benzene ring substituents is 1. The highest BCUT2D eigenvalue weighted by Crippen LogP contribution is 2.14. The van der Waals surface area contributed by atoms with Crippen molar-refractivity contribution in [2.75, 3.05) is 19.4 Å². The van der Waals surface area contributed by atoms with Crippen molar-refractivity contribution in [3.8, 4) is 0 Å². The van der Waals surface area contributed by atoms with Gasteiger partial charge in [0.2, 0.25) is 5.91 Å². The van der Waals surface area contributed by atoms with Crippen LogP contribution in [0.5, 0.6) is 0 Å². The minimum absolute atomic E-state index is 0.0102. The number of nitro benzene ring substituents is 1. The Labute approximate surface area is 144 Å². The molecule has 0 spiro atoms. The third-order valence-corrected chi connectivity index (χ3v) is 3.31. The van der Waals surface area contributed by atoms with Crippen LogP contribution in [0.15, 0.2) is 54.6 Å². The van der Waals surface area contributed by atoms with Crippen LogP contribution < -0.4 is 5.32 Å². The quantitative estimate of drug-likeness (QED) is 0.515. The Balaban J connectivity index is 2.03. The summed E-state index contributed by atoms with van der Waals surface area (Å²) in [5.74, 6) is -0.523. The van der Waals surface area contributed by atoms with Crippen molar-refractivity contribution in [3.63, 3.8) is 0 Å². The molecular weight excluding hydrogens is 322 g/mol. The van der Waals surface area contributed by atoms with Crippen LogP contribution in [-0.2, 0) is 4.79 Å². The molecule has 2 aromatic rings. The molecule has 2 aromatic carbocycles. The predicted octanol–water partition coefficient (Wildman–Crippen LogP) is 2.95. The van der Waals surface area contributed by atoms with E-state index >= 15 is 0 Å². The van der Waals surface area contributed by atoms with E-state index in [0.717, 1.165) is 0 Å². The second-order valence-electron chi connectivity index (χ2n) is 5.45. The molecule has 0 aliphatic rings. The number of hydrogen-bond acceptors (Lipinski definition) is 4. The summed E-state index contributed by atoms with van der Waals surface area (Å²) in [6, 6.07) is 12.5. The molecule has 25 heavy (non-hydrogen) atoms. The lowest BCUT2D eigenvalue weighted by atomic mass is 10.1. The van der Waals surface area contributed by atoms with E-state index in [0.29, 0.717) is 16.8 Å². The van der Waals surface area contributed by atoms with Gasteiger partial charge in [0, 0.05) is 43.6 Å². The average molecular weight is 339 g/mol. The van der Waals surface area contributed by atoms with Gasteiger partial charge in [-0.1, -0.05) is 6.07 Å². The average Bonchev–Trinajstić information content (AvgIpc) is 2.59. The van der Waals surface area contributed by atoms with Crippen LogP contribution >= 0.6 is 0 Å². The highest BCUT2D eigenvalue weighted by atomic mass is 16.6. The molecule has 0 aromatic heterocycles. The number of nitrogens with zero attached hydrogens (tertiary/aromatic N) is 2. The minimum Gasteiger partial charge on any atom is -0.345 e. The molecule has 0 heterocycles. The molecule has 1 N–H and O–H groups in total. The molecular formula is C18H17N3O4.